The first-order chi connectivity index (χ1) is 10.9. The fourth-order valence-corrected chi connectivity index (χ4v) is 3.05. The van der Waals surface area contributed by atoms with Crippen molar-refractivity contribution < 1.29 is 22.7 Å². The number of nitrogens with zero attached hydrogens (tertiary/aromatic N) is 1. The number of nitrogens with one attached hydrogen (secondary N) is 1. The number of carbonyl (C=O) groups is 1. The highest BCUT2D eigenvalue weighted by Crippen LogP contribution is 2.30. The minimum Gasteiger partial charge on any atom is -0.493 e. The van der Waals surface area contributed by atoms with Crippen molar-refractivity contribution in [2.24, 2.45) is 0 Å². The first kappa shape index (κ1) is 19.2. The number of benzene rings is 1. The quantitative estimate of drug-likeness (QED) is 0.681. The van der Waals surface area contributed by atoms with Gasteiger partial charge in [0.05, 0.1) is 25.7 Å². The molecule has 0 fully saturated rings. The van der Waals surface area contributed by atoms with Crippen LogP contribution in [0.3, 0.4) is 0 Å². The minimum atomic E-state index is -3.79. The second-order valence-electron chi connectivity index (χ2n) is 4.98. The van der Waals surface area contributed by atoms with Crippen LogP contribution in [0.15, 0.2) is 23.1 Å². The topological polar surface area (TPSA) is 84.9 Å². The van der Waals surface area contributed by atoms with Crippen LogP contribution < -0.4 is 14.8 Å². The summed E-state index contributed by atoms with van der Waals surface area (Å²) in [5.74, 6) is 0.422. The number of likely N-dealkylation sites (N-methyl/N-ethyl adjacent to an activating group) is 1. The van der Waals surface area contributed by atoms with Crippen LogP contribution in [-0.4, -0.2) is 53.0 Å². The number of ether oxygens (including phenoxy) is 2. The fraction of sp³-hybridized carbons (Fsp3) is 0.533. The van der Waals surface area contributed by atoms with Gasteiger partial charge in [-0.3, -0.25) is 4.79 Å². The summed E-state index contributed by atoms with van der Waals surface area (Å²) in [5.41, 5.74) is 0. The maximum Gasteiger partial charge on any atom is 0.243 e. The molecule has 0 saturated heterocycles. The van der Waals surface area contributed by atoms with E-state index in [0.717, 1.165) is 17.1 Å². The summed E-state index contributed by atoms with van der Waals surface area (Å²) < 4.78 is 36.2. The molecule has 1 N–H and O–H groups in total. The highest BCUT2D eigenvalue weighted by Gasteiger charge is 2.24. The number of methoxy groups -OCH3 is 2. The van der Waals surface area contributed by atoms with Crippen LogP contribution in [0.5, 0.6) is 11.5 Å². The molecule has 23 heavy (non-hydrogen) atoms. The number of unbranched alkanes of at least 4 members (excludes halogenated alkanes) is 1. The third kappa shape index (κ3) is 5.11. The second kappa shape index (κ2) is 8.73. The molecular formula is C15H24N2O5S. The number of carbonyl (C=O) groups excluding carboxylic acids is 1. The van der Waals surface area contributed by atoms with E-state index in [-0.39, 0.29) is 17.3 Å². The molecule has 0 aromatic heterocycles. The summed E-state index contributed by atoms with van der Waals surface area (Å²) in [6.07, 6.45) is 1.82. The third-order valence-corrected chi connectivity index (χ3v) is 5.08. The third-order valence-electron chi connectivity index (χ3n) is 3.28. The van der Waals surface area contributed by atoms with E-state index < -0.39 is 10.0 Å². The maximum absolute atomic E-state index is 12.5. The normalized spacial score (nSPS) is 11.3. The molecule has 0 radical (unpaired) electrons. The first-order valence-corrected chi connectivity index (χ1v) is 8.75. The maximum atomic E-state index is 12.5. The standard InChI is InChI=1S/C15H24N2O5S/c1-5-6-9-16-15(18)11-17(2)23(19,20)12-7-8-13(21-3)14(10-12)22-4/h7-8,10H,5-6,9,11H2,1-4H3,(H,16,18). The van der Waals surface area contributed by atoms with Gasteiger partial charge < -0.3 is 14.8 Å². The van der Waals surface area contributed by atoms with Crippen molar-refractivity contribution in [3.8, 4) is 11.5 Å². The van der Waals surface area contributed by atoms with E-state index >= 15 is 0 Å². The molecule has 7 nitrogen and oxygen atoms in total. The van der Waals surface area contributed by atoms with Gasteiger partial charge in [-0.1, -0.05) is 13.3 Å². The molecular weight excluding hydrogens is 320 g/mol. The Kier molecular flexibility index (Phi) is 7.31. The molecule has 0 aliphatic heterocycles. The molecule has 1 amide bonds. The molecule has 1 rings (SSSR count). The lowest BCUT2D eigenvalue weighted by atomic mass is 10.3. The van der Waals surface area contributed by atoms with Gasteiger partial charge in [-0.05, 0) is 18.6 Å². The molecule has 0 spiro atoms. The van der Waals surface area contributed by atoms with Gasteiger partial charge in [0.25, 0.3) is 0 Å². The van der Waals surface area contributed by atoms with E-state index in [1.807, 2.05) is 6.92 Å². The van der Waals surface area contributed by atoms with Gasteiger partial charge in [0.2, 0.25) is 15.9 Å². The molecule has 0 aliphatic carbocycles. The van der Waals surface area contributed by atoms with Crippen LogP contribution in [0.25, 0.3) is 0 Å². The summed E-state index contributed by atoms with van der Waals surface area (Å²) in [7, 11) is 0.482. The lowest BCUT2D eigenvalue weighted by molar-refractivity contribution is -0.121. The molecule has 0 atom stereocenters. The van der Waals surface area contributed by atoms with Gasteiger partial charge >= 0.3 is 0 Å². The number of hydrogen-bond donors (Lipinski definition) is 1. The van der Waals surface area contributed by atoms with E-state index in [1.165, 1.54) is 39.5 Å². The Bertz CT molecular complexity index is 631. The van der Waals surface area contributed by atoms with Crippen LogP contribution in [-0.2, 0) is 14.8 Å². The minimum absolute atomic E-state index is 0.0407. The summed E-state index contributed by atoms with van der Waals surface area (Å²) >= 11 is 0. The van der Waals surface area contributed by atoms with Crippen LogP contribution in [0, 0.1) is 0 Å². The van der Waals surface area contributed by atoms with Crippen LogP contribution >= 0.6 is 0 Å². The van der Waals surface area contributed by atoms with Gasteiger partial charge in [-0.25, -0.2) is 8.42 Å². The summed E-state index contributed by atoms with van der Waals surface area (Å²) in [6, 6.07) is 4.31. The predicted octanol–water partition coefficient (Wildman–Crippen LogP) is 1.24. The zero-order chi connectivity index (χ0) is 17.5. The summed E-state index contributed by atoms with van der Waals surface area (Å²) in [6.45, 7) is 2.32. The number of sulfonamides is 1. The Labute approximate surface area is 137 Å². The number of hydrogen-bond acceptors (Lipinski definition) is 5. The van der Waals surface area contributed by atoms with Crippen molar-refractivity contribution in [3.05, 3.63) is 18.2 Å². The van der Waals surface area contributed by atoms with Crippen molar-refractivity contribution in [2.75, 3.05) is 34.4 Å². The van der Waals surface area contributed by atoms with Gasteiger partial charge in [-0.2, -0.15) is 4.31 Å². The van der Waals surface area contributed by atoms with E-state index in [0.29, 0.717) is 18.0 Å². The van der Waals surface area contributed by atoms with Gasteiger partial charge in [0, 0.05) is 19.7 Å². The monoisotopic (exact) mass is 344 g/mol. The van der Waals surface area contributed by atoms with Crippen molar-refractivity contribution in [2.45, 2.75) is 24.7 Å². The molecule has 0 unspecified atom stereocenters. The van der Waals surface area contributed by atoms with Crippen LogP contribution in [0.2, 0.25) is 0 Å². The molecule has 130 valence electrons. The second-order valence-corrected chi connectivity index (χ2v) is 7.03. The van der Waals surface area contributed by atoms with E-state index in [9.17, 15) is 13.2 Å². The molecule has 0 saturated carbocycles. The van der Waals surface area contributed by atoms with Crippen LogP contribution in [0.4, 0.5) is 0 Å². The van der Waals surface area contributed by atoms with Crippen molar-refractivity contribution in [3.63, 3.8) is 0 Å². The SMILES string of the molecule is CCCCNC(=O)CN(C)S(=O)(=O)c1ccc(OC)c(OC)c1. The lowest BCUT2D eigenvalue weighted by Gasteiger charge is -2.18. The largest absolute Gasteiger partial charge is 0.493 e. The van der Waals surface area contributed by atoms with E-state index in [4.69, 9.17) is 9.47 Å². The summed E-state index contributed by atoms with van der Waals surface area (Å²) in [5, 5.41) is 2.69. The van der Waals surface area contributed by atoms with E-state index in [1.54, 1.807) is 0 Å². The Hall–Kier alpha value is -1.80. The molecule has 0 aliphatic rings. The van der Waals surface area contributed by atoms with Gasteiger partial charge in [0.1, 0.15) is 0 Å². The molecule has 1 aromatic carbocycles. The Morgan fingerprint density at radius 1 is 1.22 bits per heavy atom. The molecule has 0 heterocycles. The number of rotatable bonds is 9. The lowest BCUT2D eigenvalue weighted by Crippen LogP contribution is -2.38. The average Bonchev–Trinajstić information content (AvgIpc) is 2.54. The molecule has 1 aromatic rings. The highest BCUT2D eigenvalue weighted by atomic mass is 32.2. The average molecular weight is 344 g/mol. The first-order valence-electron chi connectivity index (χ1n) is 7.31. The fourth-order valence-electron chi connectivity index (χ4n) is 1.90. The Balaban J connectivity index is 2.87. The molecule has 8 heteroatoms. The van der Waals surface area contributed by atoms with Crippen molar-refractivity contribution >= 4 is 15.9 Å². The zero-order valence-electron chi connectivity index (χ0n) is 14.0. The van der Waals surface area contributed by atoms with Gasteiger partial charge in [-0.15, -0.1) is 0 Å². The van der Waals surface area contributed by atoms with Gasteiger partial charge in [0.15, 0.2) is 11.5 Å². The Morgan fingerprint density at radius 3 is 2.43 bits per heavy atom. The zero-order valence-corrected chi connectivity index (χ0v) is 14.8. The smallest absolute Gasteiger partial charge is 0.243 e. The predicted molar refractivity (Wildman–Crippen MR) is 87.3 cm³/mol. The van der Waals surface area contributed by atoms with Crippen molar-refractivity contribution in [1.82, 2.24) is 9.62 Å². The van der Waals surface area contributed by atoms with Crippen LogP contribution in [0.1, 0.15) is 19.8 Å². The van der Waals surface area contributed by atoms with E-state index in [2.05, 4.69) is 5.32 Å². The number of amides is 1. The molecule has 0 bridgehead atoms. The summed E-state index contributed by atoms with van der Waals surface area (Å²) in [4.78, 5) is 11.8. The highest BCUT2D eigenvalue weighted by molar-refractivity contribution is 7.89. The van der Waals surface area contributed by atoms with Crippen molar-refractivity contribution in [1.29, 1.82) is 0 Å². The Morgan fingerprint density at radius 2 is 1.87 bits per heavy atom.